The van der Waals surface area contributed by atoms with E-state index in [2.05, 4.69) is 10.6 Å². The number of fused-ring (bicyclic) bond motifs is 1. The van der Waals surface area contributed by atoms with Crippen LogP contribution in [-0.2, 0) is 4.79 Å². The molecule has 86 valence electrons. The third-order valence-electron chi connectivity index (χ3n) is 3.25. The van der Waals surface area contributed by atoms with Gasteiger partial charge in [-0.3, -0.25) is 4.79 Å². The summed E-state index contributed by atoms with van der Waals surface area (Å²) in [5, 5.41) is 6.81. The molecule has 0 radical (unpaired) electrons. The van der Waals surface area contributed by atoms with Crippen LogP contribution in [0.15, 0.2) is 18.2 Å². The lowest BCUT2D eigenvalue weighted by Gasteiger charge is -2.23. The van der Waals surface area contributed by atoms with Crippen LogP contribution in [0.3, 0.4) is 0 Å². The Morgan fingerprint density at radius 1 is 1.50 bits per heavy atom. The van der Waals surface area contributed by atoms with Crippen molar-refractivity contribution in [3.8, 4) is 0 Å². The standard InChI is InChI=1S/C12H15ClN2O/c1-3-12(2)7-14-10-8(13)5-4-6-9(10)15-11(12)16/h4-6,14H,3,7H2,1-2H3,(H,15,16). The summed E-state index contributed by atoms with van der Waals surface area (Å²) in [5.74, 6) is 0.0449. The van der Waals surface area contributed by atoms with Gasteiger partial charge in [-0.15, -0.1) is 0 Å². The highest BCUT2D eigenvalue weighted by Crippen LogP contribution is 2.36. The molecule has 1 atom stereocenters. The molecule has 1 aliphatic rings. The number of amides is 1. The van der Waals surface area contributed by atoms with Gasteiger partial charge in [0.2, 0.25) is 5.91 Å². The lowest BCUT2D eigenvalue weighted by atomic mass is 9.86. The van der Waals surface area contributed by atoms with Crippen molar-refractivity contribution in [1.82, 2.24) is 0 Å². The third-order valence-corrected chi connectivity index (χ3v) is 3.56. The van der Waals surface area contributed by atoms with E-state index < -0.39 is 0 Å². The van der Waals surface area contributed by atoms with Crippen LogP contribution in [0.5, 0.6) is 0 Å². The van der Waals surface area contributed by atoms with Gasteiger partial charge in [0, 0.05) is 6.54 Å². The molecule has 0 bridgehead atoms. The van der Waals surface area contributed by atoms with E-state index in [4.69, 9.17) is 11.6 Å². The van der Waals surface area contributed by atoms with Crippen molar-refractivity contribution in [3.05, 3.63) is 23.2 Å². The van der Waals surface area contributed by atoms with E-state index in [1.165, 1.54) is 0 Å². The Kier molecular flexibility index (Phi) is 2.80. The monoisotopic (exact) mass is 238 g/mol. The molecular formula is C12H15ClN2O. The molecule has 1 aliphatic heterocycles. The Bertz CT molecular complexity index is 433. The van der Waals surface area contributed by atoms with E-state index in [1.807, 2.05) is 32.0 Å². The highest BCUT2D eigenvalue weighted by Gasteiger charge is 2.34. The number of hydrogen-bond donors (Lipinski definition) is 2. The number of hydrogen-bond acceptors (Lipinski definition) is 2. The molecule has 1 amide bonds. The van der Waals surface area contributed by atoms with E-state index in [0.717, 1.165) is 17.8 Å². The summed E-state index contributed by atoms with van der Waals surface area (Å²) in [4.78, 5) is 12.0. The van der Waals surface area contributed by atoms with Gasteiger partial charge < -0.3 is 10.6 Å². The predicted octanol–water partition coefficient (Wildman–Crippen LogP) is 3.12. The zero-order valence-electron chi connectivity index (χ0n) is 9.43. The lowest BCUT2D eigenvalue weighted by Crippen LogP contribution is -2.36. The minimum absolute atomic E-state index is 0.0449. The minimum atomic E-state index is -0.387. The Labute approximate surface area is 100 Å². The fourth-order valence-electron chi connectivity index (χ4n) is 1.73. The summed E-state index contributed by atoms with van der Waals surface area (Å²) in [5.41, 5.74) is 1.19. The number of rotatable bonds is 1. The van der Waals surface area contributed by atoms with Crippen molar-refractivity contribution in [1.29, 1.82) is 0 Å². The highest BCUT2D eigenvalue weighted by molar-refractivity contribution is 6.34. The largest absolute Gasteiger partial charge is 0.381 e. The van der Waals surface area contributed by atoms with Crippen LogP contribution in [0.4, 0.5) is 11.4 Å². The number of nitrogens with one attached hydrogen (secondary N) is 2. The zero-order valence-corrected chi connectivity index (χ0v) is 10.2. The molecule has 2 rings (SSSR count). The van der Waals surface area contributed by atoms with Gasteiger partial charge >= 0.3 is 0 Å². The molecule has 1 unspecified atom stereocenters. The van der Waals surface area contributed by atoms with Crippen molar-refractivity contribution in [2.24, 2.45) is 5.41 Å². The fraction of sp³-hybridized carbons (Fsp3) is 0.417. The predicted molar refractivity (Wildman–Crippen MR) is 67.0 cm³/mol. The Hall–Kier alpha value is -1.22. The van der Waals surface area contributed by atoms with Crippen molar-refractivity contribution in [2.75, 3.05) is 17.2 Å². The first-order valence-electron chi connectivity index (χ1n) is 5.40. The normalized spacial score (nSPS) is 24.1. The van der Waals surface area contributed by atoms with Gasteiger partial charge in [0.25, 0.3) is 0 Å². The molecule has 3 nitrogen and oxygen atoms in total. The summed E-state index contributed by atoms with van der Waals surface area (Å²) in [7, 11) is 0. The smallest absolute Gasteiger partial charge is 0.232 e. The molecule has 1 aromatic carbocycles. The van der Waals surface area contributed by atoms with Crippen LogP contribution in [-0.4, -0.2) is 12.5 Å². The van der Waals surface area contributed by atoms with Crippen LogP contribution in [0.2, 0.25) is 5.02 Å². The number of para-hydroxylation sites is 1. The Morgan fingerprint density at radius 3 is 2.94 bits per heavy atom. The van der Waals surface area contributed by atoms with Crippen LogP contribution in [0, 0.1) is 5.41 Å². The van der Waals surface area contributed by atoms with Crippen LogP contribution >= 0.6 is 11.6 Å². The van der Waals surface area contributed by atoms with Crippen molar-refractivity contribution in [3.63, 3.8) is 0 Å². The van der Waals surface area contributed by atoms with Crippen molar-refractivity contribution < 1.29 is 4.79 Å². The zero-order chi connectivity index (χ0) is 11.8. The maximum atomic E-state index is 12.0. The van der Waals surface area contributed by atoms with Gasteiger partial charge in [-0.1, -0.05) is 24.6 Å². The van der Waals surface area contributed by atoms with Gasteiger partial charge in [-0.2, -0.15) is 0 Å². The number of halogens is 1. The van der Waals surface area contributed by atoms with Gasteiger partial charge in [0.15, 0.2) is 0 Å². The van der Waals surface area contributed by atoms with Gasteiger partial charge in [0.05, 0.1) is 21.8 Å². The van der Waals surface area contributed by atoms with Gasteiger partial charge in [-0.25, -0.2) is 0 Å². The molecule has 0 fully saturated rings. The molecule has 2 N–H and O–H groups in total. The molecule has 1 aromatic rings. The molecule has 4 heteroatoms. The van der Waals surface area contributed by atoms with E-state index in [1.54, 1.807) is 0 Å². The molecule has 0 aliphatic carbocycles. The lowest BCUT2D eigenvalue weighted by molar-refractivity contribution is -0.124. The summed E-state index contributed by atoms with van der Waals surface area (Å²) >= 11 is 6.08. The molecule has 0 spiro atoms. The number of carbonyl (C=O) groups excluding carboxylic acids is 1. The average molecular weight is 239 g/mol. The Balaban J connectivity index is 2.41. The maximum absolute atomic E-state index is 12.0. The van der Waals surface area contributed by atoms with Crippen molar-refractivity contribution >= 4 is 28.9 Å². The van der Waals surface area contributed by atoms with E-state index in [9.17, 15) is 4.79 Å². The van der Waals surface area contributed by atoms with Crippen molar-refractivity contribution in [2.45, 2.75) is 20.3 Å². The quantitative estimate of drug-likeness (QED) is 0.789. The van der Waals surface area contributed by atoms with Gasteiger partial charge in [0.1, 0.15) is 0 Å². The van der Waals surface area contributed by atoms with Crippen LogP contribution in [0.1, 0.15) is 20.3 Å². The molecular weight excluding hydrogens is 224 g/mol. The van der Waals surface area contributed by atoms with E-state index >= 15 is 0 Å². The van der Waals surface area contributed by atoms with E-state index in [-0.39, 0.29) is 11.3 Å². The summed E-state index contributed by atoms with van der Waals surface area (Å²) in [6, 6.07) is 5.50. The average Bonchev–Trinajstić information content (AvgIpc) is 2.39. The molecule has 0 saturated heterocycles. The summed E-state index contributed by atoms with van der Waals surface area (Å²) < 4.78 is 0. The first-order chi connectivity index (χ1) is 7.57. The summed E-state index contributed by atoms with van der Waals surface area (Å²) in [6.07, 6.45) is 0.789. The first-order valence-corrected chi connectivity index (χ1v) is 5.78. The van der Waals surface area contributed by atoms with Crippen LogP contribution in [0.25, 0.3) is 0 Å². The second-order valence-corrected chi connectivity index (χ2v) is 4.79. The molecule has 16 heavy (non-hydrogen) atoms. The van der Waals surface area contributed by atoms with E-state index in [0.29, 0.717) is 11.6 Å². The SMILES string of the molecule is CCC1(C)CNc2c(Cl)cccc2NC1=O. The maximum Gasteiger partial charge on any atom is 0.232 e. The molecule has 0 saturated carbocycles. The fourth-order valence-corrected chi connectivity index (χ4v) is 1.97. The third kappa shape index (κ3) is 1.76. The van der Waals surface area contributed by atoms with Gasteiger partial charge in [-0.05, 0) is 25.5 Å². The topological polar surface area (TPSA) is 41.1 Å². The van der Waals surface area contributed by atoms with Crippen LogP contribution < -0.4 is 10.6 Å². The molecule has 1 heterocycles. The number of benzene rings is 1. The number of anilines is 2. The Morgan fingerprint density at radius 2 is 2.25 bits per heavy atom. The second kappa shape index (κ2) is 3.98. The minimum Gasteiger partial charge on any atom is -0.381 e. The second-order valence-electron chi connectivity index (χ2n) is 4.38. The highest BCUT2D eigenvalue weighted by atomic mass is 35.5. The summed E-state index contributed by atoms with van der Waals surface area (Å²) in [6.45, 7) is 4.57. The number of carbonyl (C=O) groups is 1. The first kappa shape index (κ1) is 11.3. The molecule has 0 aromatic heterocycles.